The minimum absolute atomic E-state index is 0.0613. The largest absolute Gasteiger partial charge is 0.373 e. The number of nitrogens with one attached hydrogen (secondary N) is 2. The standard InChI is InChI=1S/C20H20FN3O3/c1-12-5-6-16(21)15-10-17(23-19(12)15)20(26)22-13-3-2-4-14(9-13)24-7-8-27-11-18(24)25/h2-6,9,17,23H,7-8,10-11H2,1H3,(H,22,26). The summed E-state index contributed by atoms with van der Waals surface area (Å²) in [6.07, 6.45) is 0.302. The average molecular weight is 369 g/mol. The molecule has 7 heteroatoms. The highest BCUT2D eigenvalue weighted by Gasteiger charge is 2.30. The van der Waals surface area contributed by atoms with Crippen molar-refractivity contribution in [2.24, 2.45) is 0 Å². The van der Waals surface area contributed by atoms with Crippen LogP contribution in [0.5, 0.6) is 0 Å². The van der Waals surface area contributed by atoms with Crippen LogP contribution in [-0.2, 0) is 20.7 Å². The predicted octanol–water partition coefficient (Wildman–Crippen LogP) is 2.47. The van der Waals surface area contributed by atoms with E-state index in [9.17, 15) is 14.0 Å². The van der Waals surface area contributed by atoms with Gasteiger partial charge < -0.3 is 20.3 Å². The first-order valence-corrected chi connectivity index (χ1v) is 8.86. The average Bonchev–Trinajstić information content (AvgIpc) is 3.12. The van der Waals surface area contributed by atoms with Gasteiger partial charge in [-0.05, 0) is 36.8 Å². The summed E-state index contributed by atoms with van der Waals surface area (Å²) in [5.41, 5.74) is 3.46. The molecule has 140 valence electrons. The topological polar surface area (TPSA) is 70.7 Å². The second-order valence-electron chi connectivity index (χ2n) is 6.76. The van der Waals surface area contributed by atoms with Gasteiger partial charge in [-0.2, -0.15) is 0 Å². The van der Waals surface area contributed by atoms with Crippen molar-refractivity contribution < 1.29 is 18.7 Å². The van der Waals surface area contributed by atoms with Gasteiger partial charge in [-0.1, -0.05) is 12.1 Å². The third-order valence-electron chi connectivity index (χ3n) is 4.92. The molecule has 2 aliphatic rings. The Balaban J connectivity index is 1.48. The van der Waals surface area contributed by atoms with Gasteiger partial charge in [0, 0.05) is 35.6 Å². The zero-order chi connectivity index (χ0) is 19.0. The van der Waals surface area contributed by atoms with Crippen LogP contribution in [0.15, 0.2) is 36.4 Å². The van der Waals surface area contributed by atoms with Crippen molar-refractivity contribution in [3.63, 3.8) is 0 Å². The number of hydrogen-bond acceptors (Lipinski definition) is 4. The summed E-state index contributed by atoms with van der Waals surface area (Å²) in [7, 11) is 0. The molecule has 0 bridgehead atoms. The third-order valence-corrected chi connectivity index (χ3v) is 4.92. The number of carbonyl (C=O) groups excluding carboxylic acids is 2. The van der Waals surface area contributed by atoms with Gasteiger partial charge in [0.25, 0.3) is 5.91 Å². The van der Waals surface area contributed by atoms with Crippen molar-refractivity contribution in [2.75, 3.05) is 35.3 Å². The summed E-state index contributed by atoms with van der Waals surface area (Å²) in [5.74, 6) is -0.648. The van der Waals surface area contributed by atoms with Crippen molar-refractivity contribution in [1.29, 1.82) is 0 Å². The smallest absolute Gasteiger partial charge is 0.253 e. The lowest BCUT2D eigenvalue weighted by Gasteiger charge is -2.27. The van der Waals surface area contributed by atoms with Gasteiger partial charge in [0.15, 0.2) is 0 Å². The highest BCUT2D eigenvalue weighted by atomic mass is 19.1. The van der Waals surface area contributed by atoms with E-state index in [-0.39, 0.29) is 24.2 Å². The molecule has 6 nitrogen and oxygen atoms in total. The molecule has 2 N–H and O–H groups in total. The molecule has 4 rings (SSSR count). The van der Waals surface area contributed by atoms with Crippen LogP contribution in [-0.4, -0.2) is 37.6 Å². The summed E-state index contributed by atoms with van der Waals surface area (Å²) in [5, 5.41) is 5.97. The quantitative estimate of drug-likeness (QED) is 0.872. The Morgan fingerprint density at radius 1 is 1.33 bits per heavy atom. The van der Waals surface area contributed by atoms with Crippen molar-refractivity contribution in [2.45, 2.75) is 19.4 Å². The van der Waals surface area contributed by atoms with Crippen LogP contribution in [0.2, 0.25) is 0 Å². The molecule has 2 aliphatic heterocycles. The molecule has 1 fully saturated rings. The zero-order valence-corrected chi connectivity index (χ0v) is 14.9. The van der Waals surface area contributed by atoms with Crippen molar-refractivity contribution in [3.05, 3.63) is 53.3 Å². The van der Waals surface area contributed by atoms with E-state index >= 15 is 0 Å². The van der Waals surface area contributed by atoms with Crippen LogP contribution in [0.4, 0.5) is 21.5 Å². The van der Waals surface area contributed by atoms with Gasteiger partial charge >= 0.3 is 0 Å². The highest BCUT2D eigenvalue weighted by Crippen LogP contribution is 2.32. The molecule has 2 aromatic carbocycles. The van der Waals surface area contributed by atoms with Crippen molar-refractivity contribution in [3.8, 4) is 0 Å². The zero-order valence-electron chi connectivity index (χ0n) is 14.9. The van der Waals surface area contributed by atoms with Gasteiger partial charge in [-0.3, -0.25) is 9.59 Å². The third kappa shape index (κ3) is 3.38. The number of aryl methyl sites for hydroxylation is 1. The molecule has 2 aromatic rings. The molecule has 1 atom stereocenters. The molecule has 2 heterocycles. The number of halogens is 1. The fourth-order valence-electron chi connectivity index (χ4n) is 3.50. The van der Waals surface area contributed by atoms with E-state index in [1.807, 2.05) is 13.0 Å². The van der Waals surface area contributed by atoms with Crippen molar-refractivity contribution >= 4 is 28.9 Å². The number of nitrogens with zero attached hydrogens (tertiary/aromatic N) is 1. The molecular weight excluding hydrogens is 349 g/mol. The van der Waals surface area contributed by atoms with Crippen LogP contribution in [0.1, 0.15) is 11.1 Å². The van der Waals surface area contributed by atoms with Crippen LogP contribution in [0.25, 0.3) is 0 Å². The Labute approximate surface area is 156 Å². The number of fused-ring (bicyclic) bond motifs is 1. The highest BCUT2D eigenvalue weighted by molar-refractivity contribution is 6.00. The minimum atomic E-state index is -0.538. The molecule has 27 heavy (non-hydrogen) atoms. The minimum Gasteiger partial charge on any atom is -0.373 e. The van der Waals surface area contributed by atoms with Crippen molar-refractivity contribution in [1.82, 2.24) is 0 Å². The number of carbonyl (C=O) groups is 2. The maximum absolute atomic E-state index is 14.0. The summed E-state index contributed by atoms with van der Waals surface area (Å²) in [6.45, 7) is 2.91. The summed E-state index contributed by atoms with van der Waals surface area (Å²) in [4.78, 5) is 26.3. The lowest BCUT2D eigenvalue weighted by atomic mass is 10.1. The van der Waals surface area contributed by atoms with E-state index in [0.717, 1.165) is 5.56 Å². The van der Waals surface area contributed by atoms with E-state index in [4.69, 9.17) is 4.74 Å². The van der Waals surface area contributed by atoms with Gasteiger partial charge in [0.1, 0.15) is 18.5 Å². The van der Waals surface area contributed by atoms with Crippen LogP contribution >= 0.6 is 0 Å². The van der Waals surface area contributed by atoms with Gasteiger partial charge in [-0.15, -0.1) is 0 Å². The molecule has 1 unspecified atom stereocenters. The molecule has 0 aromatic heterocycles. The predicted molar refractivity (Wildman–Crippen MR) is 100 cm³/mol. The van der Waals surface area contributed by atoms with Gasteiger partial charge in [0.2, 0.25) is 5.91 Å². The van der Waals surface area contributed by atoms with E-state index in [2.05, 4.69) is 10.6 Å². The fraction of sp³-hybridized carbons (Fsp3) is 0.300. The fourth-order valence-corrected chi connectivity index (χ4v) is 3.50. The number of amides is 2. The maximum Gasteiger partial charge on any atom is 0.253 e. The molecule has 0 spiro atoms. The Morgan fingerprint density at radius 3 is 2.96 bits per heavy atom. The van der Waals surface area contributed by atoms with Crippen LogP contribution in [0, 0.1) is 12.7 Å². The summed E-state index contributed by atoms with van der Waals surface area (Å²) >= 11 is 0. The first kappa shape index (κ1) is 17.5. The second kappa shape index (κ2) is 7.00. The number of anilines is 3. The molecule has 0 aliphatic carbocycles. The van der Waals surface area contributed by atoms with E-state index < -0.39 is 6.04 Å². The number of ether oxygens (including phenoxy) is 1. The van der Waals surface area contributed by atoms with Crippen LogP contribution in [0.3, 0.4) is 0 Å². The van der Waals surface area contributed by atoms with E-state index in [1.54, 1.807) is 29.2 Å². The van der Waals surface area contributed by atoms with E-state index in [0.29, 0.717) is 42.2 Å². The van der Waals surface area contributed by atoms with Gasteiger partial charge in [-0.25, -0.2) is 4.39 Å². The summed E-state index contributed by atoms with van der Waals surface area (Å²) in [6, 6.07) is 9.72. The Hall–Kier alpha value is -2.93. The lowest BCUT2D eigenvalue weighted by molar-refractivity contribution is -0.125. The maximum atomic E-state index is 14.0. The summed E-state index contributed by atoms with van der Waals surface area (Å²) < 4.78 is 19.2. The molecule has 2 amide bonds. The number of hydrogen-bond donors (Lipinski definition) is 2. The normalized spacial score (nSPS) is 18.8. The molecular formula is C20H20FN3O3. The van der Waals surface area contributed by atoms with E-state index in [1.165, 1.54) is 6.07 Å². The number of morpholine rings is 1. The number of rotatable bonds is 3. The Morgan fingerprint density at radius 2 is 2.19 bits per heavy atom. The monoisotopic (exact) mass is 369 g/mol. The molecule has 0 saturated carbocycles. The Bertz CT molecular complexity index is 884. The van der Waals surface area contributed by atoms with Crippen LogP contribution < -0.4 is 15.5 Å². The molecule has 0 radical (unpaired) electrons. The molecule has 1 saturated heterocycles. The second-order valence-corrected chi connectivity index (χ2v) is 6.76. The van der Waals surface area contributed by atoms with Gasteiger partial charge in [0.05, 0.1) is 6.61 Å². The Kier molecular flexibility index (Phi) is 4.53. The first-order valence-electron chi connectivity index (χ1n) is 8.86. The first-order chi connectivity index (χ1) is 13.0. The number of benzene rings is 2. The SMILES string of the molecule is Cc1ccc(F)c2c1NC(C(=O)Nc1cccc(N3CCOCC3=O)c1)C2. The lowest BCUT2D eigenvalue weighted by Crippen LogP contribution is -2.41.